The highest BCUT2D eigenvalue weighted by molar-refractivity contribution is 7.10. The van der Waals surface area contributed by atoms with Crippen LogP contribution in [-0.4, -0.2) is 44.7 Å². The van der Waals surface area contributed by atoms with Crippen LogP contribution >= 0.6 is 11.3 Å². The van der Waals surface area contributed by atoms with Gasteiger partial charge in [-0.05, 0) is 36.8 Å². The predicted molar refractivity (Wildman–Crippen MR) is 92.9 cm³/mol. The summed E-state index contributed by atoms with van der Waals surface area (Å²) in [6, 6.07) is 2.54. The number of carbonyl (C=O) groups excluding carboxylic acids is 1. The average molecular weight is 345 g/mol. The third kappa shape index (κ3) is 3.23. The summed E-state index contributed by atoms with van der Waals surface area (Å²) in [5, 5.41) is 10.1. The Bertz CT molecular complexity index is 737. The van der Waals surface area contributed by atoms with Crippen molar-refractivity contribution in [2.24, 2.45) is 0 Å². The highest BCUT2D eigenvalue weighted by Gasteiger charge is 2.23. The number of rotatable bonds is 4. The van der Waals surface area contributed by atoms with E-state index in [0.29, 0.717) is 12.5 Å². The van der Waals surface area contributed by atoms with Crippen molar-refractivity contribution >= 4 is 17.2 Å². The van der Waals surface area contributed by atoms with Gasteiger partial charge in [0.1, 0.15) is 11.6 Å². The van der Waals surface area contributed by atoms with Crippen molar-refractivity contribution in [2.75, 3.05) is 13.1 Å². The molecule has 2 aromatic rings. The second kappa shape index (κ2) is 6.64. The molecule has 128 valence electrons. The van der Waals surface area contributed by atoms with E-state index >= 15 is 0 Å². The van der Waals surface area contributed by atoms with Crippen LogP contribution < -0.4 is 5.32 Å². The molecule has 2 aliphatic heterocycles. The quantitative estimate of drug-likeness (QED) is 0.913. The number of aromatic nitrogens is 3. The summed E-state index contributed by atoms with van der Waals surface area (Å²) < 4.78 is 2.00. The summed E-state index contributed by atoms with van der Waals surface area (Å²) in [5.41, 5.74) is 1.33. The van der Waals surface area contributed by atoms with Crippen molar-refractivity contribution in [3.8, 4) is 0 Å². The van der Waals surface area contributed by atoms with E-state index in [9.17, 15) is 4.79 Å². The van der Waals surface area contributed by atoms with E-state index in [1.54, 1.807) is 0 Å². The number of nitrogens with zero attached hydrogens (tertiary/aromatic N) is 4. The normalized spacial score (nSPS) is 19.9. The minimum atomic E-state index is 0.257. The number of hydrogen-bond acceptors (Lipinski definition) is 5. The third-order valence-electron chi connectivity index (χ3n) is 4.90. The Morgan fingerprint density at radius 3 is 3.29 bits per heavy atom. The van der Waals surface area contributed by atoms with Gasteiger partial charge in [0.25, 0.3) is 0 Å². The Labute approximate surface area is 145 Å². The smallest absolute Gasteiger partial charge is 0.224 e. The third-order valence-corrected chi connectivity index (χ3v) is 5.92. The Morgan fingerprint density at radius 2 is 2.38 bits per heavy atom. The first-order valence-electron chi connectivity index (χ1n) is 8.66. The van der Waals surface area contributed by atoms with Crippen LogP contribution in [0.3, 0.4) is 0 Å². The fraction of sp³-hybridized carbons (Fsp3) is 0.588. The summed E-state index contributed by atoms with van der Waals surface area (Å²) in [6.45, 7) is 5.16. The Kier molecular flexibility index (Phi) is 4.37. The van der Waals surface area contributed by atoms with Crippen molar-refractivity contribution < 1.29 is 4.79 Å². The van der Waals surface area contributed by atoms with E-state index in [4.69, 9.17) is 0 Å². The van der Waals surface area contributed by atoms with E-state index in [0.717, 1.165) is 57.1 Å². The molecule has 24 heavy (non-hydrogen) atoms. The summed E-state index contributed by atoms with van der Waals surface area (Å²) in [4.78, 5) is 20.3. The molecule has 0 aromatic carbocycles. The Hall–Kier alpha value is -1.73. The molecule has 0 spiro atoms. The Morgan fingerprint density at radius 1 is 1.46 bits per heavy atom. The van der Waals surface area contributed by atoms with Crippen molar-refractivity contribution in [3.63, 3.8) is 0 Å². The molecule has 1 unspecified atom stereocenters. The monoisotopic (exact) mass is 345 g/mol. The van der Waals surface area contributed by atoms with E-state index in [1.807, 2.05) is 27.8 Å². The molecule has 2 aromatic heterocycles. The molecule has 0 radical (unpaired) electrons. The molecule has 4 heterocycles. The van der Waals surface area contributed by atoms with Crippen LogP contribution in [0.4, 0.5) is 0 Å². The largest absolute Gasteiger partial charge is 0.338 e. The number of carbonyl (C=O) groups is 1. The number of fused-ring (bicyclic) bond motifs is 2. The fourth-order valence-electron chi connectivity index (χ4n) is 3.60. The van der Waals surface area contributed by atoms with Gasteiger partial charge in [-0.15, -0.1) is 11.3 Å². The maximum atomic E-state index is 12.4. The highest BCUT2D eigenvalue weighted by Crippen LogP contribution is 2.24. The van der Waals surface area contributed by atoms with Crippen LogP contribution in [0.15, 0.2) is 11.4 Å². The SMILES string of the molecule is Cc1nc2n(n1)CC(NCCC(=O)N1CCc3sccc3C1)CC2. The standard InChI is InChI=1S/C17H23N5OS/c1-12-19-16-3-2-14(11-22(16)20-12)18-7-4-17(23)21-8-5-15-13(10-21)6-9-24-15/h6,9,14,18H,2-5,7-8,10-11H2,1H3. The molecule has 7 heteroatoms. The summed E-state index contributed by atoms with van der Waals surface area (Å²) in [7, 11) is 0. The molecule has 0 saturated carbocycles. The lowest BCUT2D eigenvalue weighted by atomic mass is 10.1. The number of thiophene rings is 1. The van der Waals surface area contributed by atoms with E-state index in [2.05, 4.69) is 26.8 Å². The number of hydrogen-bond donors (Lipinski definition) is 1. The lowest BCUT2D eigenvalue weighted by Gasteiger charge is -2.28. The molecular formula is C17H23N5OS. The second-order valence-corrected chi connectivity index (χ2v) is 7.63. The van der Waals surface area contributed by atoms with Crippen LogP contribution in [0, 0.1) is 6.92 Å². The van der Waals surface area contributed by atoms with E-state index < -0.39 is 0 Å². The van der Waals surface area contributed by atoms with Crippen LogP contribution in [0.1, 0.15) is 34.9 Å². The van der Waals surface area contributed by atoms with Gasteiger partial charge < -0.3 is 10.2 Å². The molecule has 0 bridgehead atoms. The number of amides is 1. The van der Waals surface area contributed by atoms with Gasteiger partial charge in [-0.2, -0.15) is 5.10 Å². The molecule has 0 saturated heterocycles. The highest BCUT2D eigenvalue weighted by atomic mass is 32.1. The Balaban J connectivity index is 1.24. The maximum absolute atomic E-state index is 12.4. The zero-order valence-electron chi connectivity index (χ0n) is 14.0. The van der Waals surface area contributed by atoms with Gasteiger partial charge in [-0.3, -0.25) is 4.79 Å². The van der Waals surface area contributed by atoms with Gasteiger partial charge in [0.15, 0.2) is 0 Å². The van der Waals surface area contributed by atoms with Gasteiger partial charge in [-0.25, -0.2) is 9.67 Å². The molecule has 0 aliphatic carbocycles. The molecule has 2 aliphatic rings. The van der Waals surface area contributed by atoms with Gasteiger partial charge in [0.05, 0.1) is 6.54 Å². The zero-order chi connectivity index (χ0) is 16.5. The molecule has 0 fully saturated rings. The summed E-state index contributed by atoms with van der Waals surface area (Å²) in [5.74, 6) is 2.19. The number of nitrogens with one attached hydrogen (secondary N) is 1. The minimum Gasteiger partial charge on any atom is -0.338 e. The second-order valence-electron chi connectivity index (χ2n) is 6.63. The topological polar surface area (TPSA) is 63.1 Å². The van der Waals surface area contributed by atoms with Crippen molar-refractivity contribution in [3.05, 3.63) is 33.5 Å². The lowest BCUT2D eigenvalue weighted by molar-refractivity contribution is -0.132. The van der Waals surface area contributed by atoms with Gasteiger partial charge in [0.2, 0.25) is 5.91 Å². The molecule has 1 amide bonds. The number of aryl methyl sites for hydroxylation is 2. The van der Waals surface area contributed by atoms with Gasteiger partial charge in [-0.1, -0.05) is 0 Å². The van der Waals surface area contributed by atoms with Gasteiger partial charge in [0, 0.05) is 43.4 Å². The van der Waals surface area contributed by atoms with Crippen molar-refractivity contribution in [1.29, 1.82) is 0 Å². The summed E-state index contributed by atoms with van der Waals surface area (Å²) in [6.07, 6.45) is 3.59. The molecular weight excluding hydrogens is 322 g/mol. The van der Waals surface area contributed by atoms with Crippen molar-refractivity contribution in [2.45, 2.75) is 51.7 Å². The van der Waals surface area contributed by atoms with E-state index in [1.165, 1.54) is 10.4 Å². The van der Waals surface area contributed by atoms with E-state index in [-0.39, 0.29) is 5.91 Å². The first kappa shape index (κ1) is 15.8. The van der Waals surface area contributed by atoms with Crippen LogP contribution in [0.2, 0.25) is 0 Å². The average Bonchev–Trinajstić information content (AvgIpc) is 3.18. The zero-order valence-corrected chi connectivity index (χ0v) is 14.8. The molecule has 6 nitrogen and oxygen atoms in total. The van der Waals surface area contributed by atoms with Gasteiger partial charge >= 0.3 is 0 Å². The first-order chi connectivity index (χ1) is 11.7. The minimum absolute atomic E-state index is 0.257. The van der Waals surface area contributed by atoms with Crippen LogP contribution in [-0.2, 0) is 30.7 Å². The summed E-state index contributed by atoms with van der Waals surface area (Å²) >= 11 is 1.81. The fourth-order valence-corrected chi connectivity index (χ4v) is 4.49. The molecule has 1 atom stereocenters. The first-order valence-corrected chi connectivity index (χ1v) is 9.54. The predicted octanol–water partition coefficient (Wildman–Crippen LogP) is 1.53. The van der Waals surface area contributed by atoms with Crippen LogP contribution in [0.5, 0.6) is 0 Å². The molecule has 4 rings (SSSR count). The van der Waals surface area contributed by atoms with Crippen molar-refractivity contribution in [1.82, 2.24) is 25.0 Å². The van der Waals surface area contributed by atoms with Crippen LogP contribution in [0.25, 0.3) is 0 Å². The molecule has 1 N–H and O–H groups in total. The maximum Gasteiger partial charge on any atom is 0.224 e. The lowest BCUT2D eigenvalue weighted by Crippen LogP contribution is -2.41.